The van der Waals surface area contributed by atoms with Crippen LogP contribution < -0.4 is 19.9 Å². The zero-order chi connectivity index (χ0) is 31.4. The molecule has 3 aromatic carbocycles. The van der Waals surface area contributed by atoms with Crippen molar-refractivity contribution in [2.24, 2.45) is 5.73 Å². The van der Waals surface area contributed by atoms with Crippen LogP contribution in [0, 0.1) is 0 Å². The van der Waals surface area contributed by atoms with Crippen molar-refractivity contribution in [1.29, 1.82) is 0 Å². The fourth-order valence-electron chi connectivity index (χ4n) is 4.89. The molecule has 1 aromatic heterocycles. The van der Waals surface area contributed by atoms with E-state index in [2.05, 4.69) is 0 Å². The second-order valence-corrected chi connectivity index (χ2v) is 12.6. The lowest BCUT2D eigenvalue weighted by Gasteiger charge is -2.23. The number of ether oxygens (including phenoxy) is 3. The fraction of sp³-hybridized carbons (Fsp3) is 0.273. The number of nitrogens with two attached hydrogens (primary N) is 1. The number of rotatable bonds is 12. The number of carbonyl (C=O) groups excluding carboxylic acids is 2. The maximum Gasteiger partial charge on any atom is 0.268 e. The van der Waals surface area contributed by atoms with Gasteiger partial charge in [-0.3, -0.25) is 9.59 Å². The van der Waals surface area contributed by atoms with Crippen LogP contribution in [0.15, 0.2) is 88.4 Å². The Kier molecular flexibility index (Phi) is 8.96. The third-order valence-corrected chi connectivity index (χ3v) is 9.01. The van der Waals surface area contributed by atoms with Gasteiger partial charge in [-0.25, -0.2) is 12.7 Å². The van der Waals surface area contributed by atoms with Crippen molar-refractivity contribution in [3.63, 3.8) is 0 Å². The lowest BCUT2D eigenvalue weighted by Crippen LogP contribution is -2.36. The quantitative estimate of drug-likeness (QED) is 0.213. The molecule has 0 aliphatic carbocycles. The van der Waals surface area contributed by atoms with Gasteiger partial charge in [-0.1, -0.05) is 45.4 Å². The van der Waals surface area contributed by atoms with Gasteiger partial charge < -0.3 is 24.4 Å². The average Bonchev–Trinajstić information content (AvgIpc) is 3.70. The van der Waals surface area contributed by atoms with E-state index < -0.39 is 27.9 Å². The summed E-state index contributed by atoms with van der Waals surface area (Å²) in [5.41, 5.74) is 7.92. The number of nitrogens with zero attached hydrogens (tertiary/aromatic N) is 1. The van der Waals surface area contributed by atoms with Crippen LogP contribution in [-0.2, 0) is 27.8 Å². The SMILES string of the molecule is CCCc1cc(C(=O)N(Cc2ccco2)S(=O)(=O)c2ccc(C(C)C)cc2)ccc1OC(C(N)=O)c1ccc2c(c1)OCO2. The molecular formula is C33H34N2O8S. The molecule has 0 saturated carbocycles. The van der Waals surface area contributed by atoms with Gasteiger partial charge in [0.25, 0.3) is 21.8 Å². The first-order valence-electron chi connectivity index (χ1n) is 14.3. The van der Waals surface area contributed by atoms with Crippen LogP contribution in [0.5, 0.6) is 17.2 Å². The number of hydrogen-bond donors (Lipinski definition) is 1. The number of sulfonamides is 1. The van der Waals surface area contributed by atoms with Gasteiger partial charge in [-0.2, -0.15) is 0 Å². The summed E-state index contributed by atoms with van der Waals surface area (Å²) in [6.07, 6.45) is 1.45. The number of benzene rings is 3. The predicted octanol–water partition coefficient (Wildman–Crippen LogP) is 5.72. The van der Waals surface area contributed by atoms with E-state index in [1.165, 1.54) is 24.5 Å². The van der Waals surface area contributed by atoms with E-state index in [0.717, 1.165) is 9.87 Å². The lowest BCUT2D eigenvalue weighted by molar-refractivity contribution is -0.125. The molecule has 10 nitrogen and oxygen atoms in total. The first kappa shape index (κ1) is 30.7. The van der Waals surface area contributed by atoms with Crippen LogP contribution in [0.2, 0.25) is 0 Å². The van der Waals surface area contributed by atoms with Gasteiger partial charge in [0.2, 0.25) is 12.9 Å². The van der Waals surface area contributed by atoms with Crippen molar-refractivity contribution in [1.82, 2.24) is 4.31 Å². The molecule has 2 amide bonds. The molecule has 1 aliphatic rings. The molecule has 5 rings (SSSR count). The number of hydrogen-bond acceptors (Lipinski definition) is 8. The van der Waals surface area contributed by atoms with Crippen LogP contribution in [0.3, 0.4) is 0 Å². The monoisotopic (exact) mass is 618 g/mol. The highest BCUT2D eigenvalue weighted by Crippen LogP contribution is 2.36. The van der Waals surface area contributed by atoms with Crippen LogP contribution in [0.1, 0.15) is 72.0 Å². The van der Waals surface area contributed by atoms with Crippen molar-refractivity contribution in [2.45, 2.75) is 57.1 Å². The van der Waals surface area contributed by atoms with Crippen molar-refractivity contribution in [2.75, 3.05) is 6.79 Å². The van der Waals surface area contributed by atoms with Gasteiger partial charge in [-0.05, 0) is 78.1 Å². The standard InChI is InChI=1S/C33H34N2O8S/c1-4-6-23-17-25(11-14-28(23)43-31(32(34)36)24-10-15-29-30(18-24)42-20-41-29)33(37)35(19-26-7-5-16-40-26)44(38,39)27-12-8-22(9-13-27)21(2)3/h5,7-18,21,31H,4,6,19-20H2,1-3H3,(H2,34,36). The van der Waals surface area contributed by atoms with Crippen molar-refractivity contribution in [3.05, 3.63) is 107 Å². The Hall–Kier alpha value is -4.77. The number of amides is 2. The molecular weight excluding hydrogens is 584 g/mol. The molecule has 11 heteroatoms. The van der Waals surface area contributed by atoms with E-state index >= 15 is 0 Å². The number of aryl methyl sites for hydroxylation is 1. The van der Waals surface area contributed by atoms with Crippen LogP contribution in [0.4, 0.5) is 0 Å². The minimum absolute atomic E-state index is 0.0106. The molecule has 2 heterocycles. The summed E-state index contributed by atoms with van der Waals surface area (Å²) in [4.78, 5) is 26.4. The molecule has 4 aromatic rings. The maximum absolute atomic E-state index is 14.0. The highest BCUT2D eigenvalue weighted by molar-refractivity contribution is 7.89. The number of carbonyl (C=O) groups is 2. The Morgan fingerprint density at radius 2 is 1.68 bits per heavy atom. The third-order valence-electron chi connectivity index (χ3n) is 7.27. The zero-order valence-electron chi connectivity index (χ0n) is 24.7. The minimum Gasteiger partial charge on any atom is -0.476 e. The first-order valence-corrected chi connectivity index (χ1v) is 15.7. The Morgan fingerprint density at radius 3 is 2.34 bits per heavy atom. The molecule has 1 atom stereocenters. The Bertz CT molecular complexity index is 1750. The largest absolute Gasteiger partial charge is 0.476 e. The lowest BCUT2D eigenvalue weighted by atomic mass is 10.0. The molecule has 2 N–H and O–H groups in total. The molecule has 0 radical (unpaired) electrons. The van der Waals surface area contributed by atoms with E-state index in [4.69, 9.17) is 24.4 Å². The summed E-state index contributed by atoms with van der Waals surface area (Å²) >= 11 is 0. The average molecular weight is 619 g/mol. The van der Waals surface area contributed by atoms with Crippen LogP contribution >= 0.6 is 0 Å². The van der Waals surface area contributed by atoms with Crippen molar-refractivity contribution >= 4 is 21.8 Å². The van der Waals surface area contributed by atoms with Crippen molar-refractivity contribution in [3.8, 4) is 17.2 Å². The summed E-state index contributed by atoms with van der Waals surface area (Å²) in [5, 5.41) is 0. The smallest absolute Gasteiger partial charge is 0.268 e. The number of fused-ring (bicyclic) bond motifs is 1. The summed E-state index contributed by atoms with van der Waals surface area (Å²) < 4.78 is 50.8. The summed E-state index contributed by atoms with van der Waals surface area (Å²) in [7, 11) is -4.26. The fourth-order valence-corrected chi connectivity index (χ4v) is 6.25. The van der Waals surface area contributed by atoms with Gasteiger partial charge in [0, 0.05) is 11.1 Å². The highest BCUT2D eigenvalue weighted by atomic mass is 32.2. The Balaban J connectivity index is 1.48. The van der Waals surface area contributed by atoms with E-state index in [0.29, 0.717) is 47.0 Å². The van der Waals surface area contributed by atoms with Gasteiger partial charge in [0.1, 0.15) is 11.5 Å². The first-order chi connectivity index (χ1) is 21.1. The highest BCUT2D eigenvalue weighted by Gasteiger charge is 2.32. The molecule has 0 fully saturated rings. The van der Waals surface area contributed by atoms with Gasteiger partial charge in [-0.15, -0.1) is 0 Å². The minimum atomic E-state index is -4.26. The number of primary amides is 1. The maximum atomic E-state index is 14.0. The van der Waals surface area contributed by atoms with E-state index in [1.807, 2.05) is 20.8 Å². The van der Waals surface area contributed by atoms with Crippen LogP contribution in [-0.4, -0.2) is 31.3 Å². The van der Waals surface area contributed by atoms with Crippen LogP contribution in [0.25, 0.3) is 0 Å². The molecule has 1 unspecified atom stereocenters. The second-order valence-electron chi connectivity index (χ2n) is 10.7. The van der Waals surface area contributed by atoms with E-state index in [-0.39, 0.29) is 29.7 Å². The Labute approximate surface area is 256 Å². The normalized spacial score (nSPS) is 13.1. The third kappa shape index (κ3) is 6.42. The summed E-state index contributed by atoms with van der Waals surface area (Å²) in [6, 6.07) is 19.3. The van der Waals surface area contributed by atoms with Crippen molar-refractivity contribution < 1.29 is 36.6 Å². The predicted molar refractivity (Wildman–Crippen MR) is 162 cm³/mol. The molecule has 44 heavy (non-hydrogen) atoms. The summed E-state index contributed by atoms with van der Waals surface area (Å²) in [6.45, 7) is 5.76. The van der Waals surface area contributed by atoms with E-state index in [9.17, 15) is 18.0 Å². The Morgan fingerprint density at radius 1 is 0.955 bits per heavy atom. The number of furan rings is 1. The molecule has 0 saturated heterocycles. The van der Waals surface area contributed by atoms with Gasteiger partial charge >= 0.3 is 0 Å². The van der Waals surface area contributed by atoms with Gasteiger partial charge in [0.15, 0.2) is 11.5 Å². The van der Waals surface area contributed by atoms with E-state index in [1.54, 1.807) is 54.6 Å². The molecule has 0 bridgehead atoms. The molecule has 1 aliphatic heterocycles. The second kappa shape index (κ2) is 12.8. The molecule has 230 valence electrons. The summed E-state index contributed by atoms with van der Waals surface area (Å²) in [5.74, 6) is 0.438. The topological polar surface area (TPSA) is 138 Å². The zero-order valence-corrected chi connectivity index (χ0v) is 25.5. The van der Waals surface area contributed by atoms with Gasteiger partial charge in [0.05, 0.1) is 17.7 Å². The molecule has 0 spiro atoms.